The number of ketones is 1. The standard InChI is InChI=1S/C11H18O4/c1-7-6-8(12)11(5,14-7)9(13)15-10(2,3)4/h7H,6H2,1-5H3. The van der Waals surface area contributed by atoms with Crippen LogP contribution in [0.2, 0.25) is 0 Å². The van der Waals surface area contributed by atoms with E-state index in [1.807, 2.05) is 0 Å². The van der Waals surface area contributed by atoms with Gasteiger partial charge in [0.25, 0.3) is 0 Å². The van der Waals surface area contributed by atoms with Gasteiger partial charge in [-0.2, -0.15) is 0 Å². The minimum absolute atomic E-state index is 0.204. The molecule has 0 aliphatic carbocycles. The second-order valence-electron chi connectivity index (χ2n) is 5.09. The molecular formula is C11H18O4. The van der Waals surface area contributed by atoms with Crippen molar-refractivity contribution in [2.75, 3.05) is 0 Å². The van der Waals surface area contributed by atoms with Crippen molar-refractivity contribution in [1.82, 2.24) is 0 Å². The van der Waals surface area contributed by atoms with E-state index in [0.717, 1.165) is 0 Å². The molecule has 2 unspecified atom stereocenters. The lowest BCUT2D eigenvalue weighted by atomic mass is 10.0. The first-order valence-corrected chi connectivity index (χ1v) is 5.10. The zero-order valence-corrected chi connectivity index (χ0v) is 9.92. The van der Waals surface area contributed by atoms with Gasteiger partial charge in [0.1, 0.15) is 5.60 Å². The normalized spacial score (nSPS) is 31.8. The fraction of sp³-hybridized carbons (Fsp3) is 0.818. The molecule has 1 saturated heterocycles. The van der Waals surface area contributed by atoms with Crippen LogP contribution in [0, 0.1) is 0 Å². The first-order chi connectivity index (χ1) is 6.65. The number of Topliss-reactive ketones (excluding diaryl/α,β-unsaturated/α-hetero) is 1. The first kappa shape index (κ1) is 12.2. The van der Waals surface area contributed by atoms with E-state index >= 15 is 0 Å². The summed E-state index contributed by atoms with van der Waals surface area (Å²) < 4.78 is 10.5. The summed E-state index contributed by atoms with van der Waals surface area (Å²) in [4.78, 5) is 23.4. The topological polar surface area (TPSA) is 52.6 Å². The van der Waals surface area contributed by atoms with Crippen molar-refractivity contribution in [2.45, 2.75) is 58.3 Å². The third-order valence-corrected chi connectivity index (χ3v) is 2.23. The van der Waals surface area contributed by atoms with E-state index in [1.165, 1.54) is 6.92 Å². The molecular weight excluding hydrogens is 196 g/mol. The number of esters is 1. The van der Waals surface area contributed by atoms with Crippen molar-refractivity contribution >= 4 is 11.8 Å². The summed E-state index contributed by atoms with van der Waals surface area (Å²) in [6, 6.07) is 0. The van der Waals surface area contributed by atoms with Crippen molar-refractivity contribution in [3.05, 3.63) is 0 Å². The molecule has 0 saturated carbocycles. The molecule has 0 N–H and O–H groups in total. The quantitative estimate of drug-likeness (QED) is 0.490. The number of ether oxygens (including phenoxy) is 2. The highest BCUT2D eigenvalue weighted by atomic mass is 16.6. The molecule has 1 heterocycles. The predicted molar refractivity (Wildman–Crippen MR) is 54.4 cm³/mol. The van der Waals surface area contributed by atoms with Gasteiger partial charge < -0.3 is 9.47 Å². The van der Waals surface area contributed by atoms with Crippen LogP contribution in [0.3, 0.4) is 0 Å². The second-order valence-corrected chi connectivity index (χ2v) is 5.09. The molecule has 15 heavy (non-hydrogen) atoms. The number of hydrogen-bond acceptors (Lipinski definition) is 4. The largest absolute Gasteiger partial charge is 0.457 e. The van der Waals surface area contributed by atoms with Crippen LogP contribution in [0.5, 0.6) is 0 Å². The molecule has 0 spiro atoms. The van der Waals surface area contributed by atoms with E-state index in [1.54, 1.807) is 27.7 Å². The molecule has 4 nitrogen and oxygen atoms in total. The Kier molecular flexibility index (Phi) is 2.92. The molecule has 1 aliphatic heterocycles. The van der Waals surface area contributed by atoms with E-state index in [2.05, 4.69) is 0 Å². The Hall–Kier alpha value is -0.900. The average Bonchev–Trinajstić information content (AvgIpc) is 2.23. The lowest BCUT2D eigenvalue weighted by Gasteiger charge is -2.26. The maximum atomic E-state index is 11.8. The molecule has 2 atom stereocenters. The summed E-state index contributed by atoms with van der Waals surface area (Å²) in [5.41, 5.74) is -2.01. The van der Waals surface area contributed by atoms with Crippen LogP contribution in [0.25, 0.3) is 0 Å². The maximum absolute atomic E-state index is 11.8. The van der Waals surface area contributed by atoms with Gasteiger partial charge in [0.2, 0.25) is 5.60 Å². The molecule has 0 bridgehead atoms. The average molecular weight is 214 g/mol. The fourth-order valence-corrected chi connectivity index (χ4v) is 1.50. The Morgan fingerprint density at radius 3 is 2.40 bits per heavy atom. The molecule has 0 radical (unpaired) electrons. The summed E-state index contributed by atoms with van der Waals surface area (Å²) in [6.45, 7) is 8.53. The van der Waals surface area contributed by atoms with Crippen LogP contribution in [0.1, 0.15) is 41.0 Å². The Bertz CT molecular complexity index is 289. The van der Waals surface area contributed by atoms with Crippen molar-refractivity contribution in [2.24, 2.45) is 0 Å². The van der Waals surface area contributed by atoms with Crippen LogP contribution in [-0.4, -0.2) is 29.1 Å². The van der Waals surface area contributed by atoms with Crippen LogP contribution in [0.15, 0.2) is 0 Å². The molecule has 86 valence electrons. The molecule has 0 aromatic carbocycles. The highest BCUT2D eigenvalue weighted by molar-refractivity contribution is 6.08. The van der Waals surface area contributed by atoms with Gasteiger partial charge in [0.15, 0.2) is 5.78 Å². The Morgan fingerprint density at radius 1 is 1.53 bits per heavy atom. The SMILES string of the molecule is CC1CC(=O)C(C)(C(=O)OC(C)(C)C)O1. The second kappa shape index (κ2) is 3.59. The van der Waals surface area contributed by atoms with Crippen molar-refractivity contribution in [1.29, 1.82) is 0 Å². The monoisotopic (exact) mass is 214 g/mol. The van der Waals surface area contributed by atoms with Gasteiger partial charge in [0.05, 0.1) is 6.10 Å². The number of carbonyl (C=O) groups excluding carboxylic acids is 2. The molecule has 0 aromatic rings. The Morgan fingerprint density at radius 2 is 2.07 bits per heavy atom. The molecule has 4 heteroatoms. The first-order valence-electron chi connectivity index (χ1n) is 5.10. The lowest BCUT2D eigenvalue weighted by molar-refractivity contribution is -0.180. The summed E-state index contributed by atoms with van der Waals surface area (Å²) in [6.07, 6.45) is 0.0606. The summed E-state index contributed by atoms with van der Waals surface area (Å²) in [5.74, 6) is -0.798. The van der Waals surface area contributed by atoms with Crippen molar-refractivity contribution in [3.63, 3.8) is 0 Å². The number of hydrogen-bond donors (Lipinski definition) is 0. The van der Waals surface area contributed by atoms with E-state index in [-0.39, 0.29) is 18.3 Å². The van der Waals surface area contributed by atoms with E-state index < -0.39 is 17.2 Å². The summed E-state index contributed by atoms with van der Waals surface area (Å²) in [5, 5.41) is 0. The predicted octanol–water partition coefficient (Wildman–Crippen LogP) is 1.46. The van der Waals surface area contributed by atoms with Gasteiger partial charge in [-0.1, -0.05) is 0 Å². The third kappa shape index (κ3) is 2.56. The van der Waals surface area contributed by atoms with E-state index in [9.17, 15) is 9.59 Å². The van der Waals surface area contributed by atoms with Crippen molar-refractivity contribution < 1.29 is 19.1 Å². The van der Waals surface area contributed by atoms with Gasteiger partial charge in [-0.25, -0.2) is 4.79 Å². The Balaban J connectivity index is 2.79. The lowest BCUT2D eigenvalue weighted by Crippen LogP contribution is -2.45. The molecule has 0 aromatic heterocycles. The van der Waals surface area contributed by atoms with Crippen LogP contribution in [-0.2, 0) is 19.1 Å². The minimum atomic E-state index is -1.41. The Labute approximate surface area is 89.9 Å². The molecule has 1 rings (SSSR count). The number of carbonyl (C=O) groups is 2. The number of rotatable bonds is 1. The van der Waals surface area contributed by atoms with Crippen LogP contribution < -0.4 is 0 Å². The van der Waals surface area contributed by atoms with Gasteiger partial charge in [-0.3, -0.25) is 4.79 Å². The third-order valence-electron chi connectivity index (χ3n) is 2.23. The summed E-state index contributed by atoms with van der Waals surface area (Å²) >= 11 is 0. The zero-order valence-electron chi connectivity index (χ0n) is 9.92. The highest BCUT2D eigenvalue weighted by Gasteiger charge is 2.51. The smallest absolute Gasteiger partial charge is 0.346 e. The van der Waals surface area contributed by atoms with Crippen LogP contribution >= 0.6 is 0 Å². The maximum Gasteiger partial charge on any atom is 0.346 e. The fourth-order valence-electron chi connectivity index (χ4n) is 1.50. The van der Waals surface area contributed by atoms with Gasteiger partial charge in [-0.15, -0.1) is 0 Å². The van der Waals surface area contributed by atoms with Crippen molar-refractivity contribution in [3.8, 4) is 0 Å². The molecule has 1 aliphatic rings. The minimum Gasteiger partial charge on any atom is -0.457 e. The molecule has 1 fully saturated rings. The van der Waals surface area contributed by atoms with E-state index in [4.69, 9.17) is 9.47 Å². The summed E-state index contributed by atoms with van der Waals surface area (Å²) in [7, 11) is 0. The highest BCUT2D eigenvalue weighted by Crippen LogP contribution is 2.29. The van der Waals surface area contributed by atoms with E-state index in [0.29, 0.717) is 0 Å². The zero-order chi connectivity index (χ0) is 11.9. The van der Waals surface area contributed by atoms with Gasteiger partial charge in [0, 0.05) is 6.42 Å². The van der Waals surface area contributed by atoms with Gasteiger partial charge in [-0.05, 0) is 34.6 Å². The van der Waals surface area contributed by atoms with Crippen LogP contribution in [0.4, 0.5) is 0 Å². The van der Waals surface area contributed by atoms with Gasteiger partial charge >= 0.3 is 5.97 Å². The molecule has 0 amide bonds.